The Balaban J connectivity index is 1.38. The van der Waals surface area contributed by atoms with Crippen LogP contribution in [-0.2, 0) is 30.4 Å². The fourth-order valence-corrected chi connectivity index (χ4v) is 6.13. The quantitative estimate of drug-likeness (QED) is 0.130. The van der Waals surface area contributed by atoms with Gasteiger partial charge in [0.05, 0.1) is 30.4 Å². The molecule has 1 fully saturated rings. The number of carbonyl (C=O) groups excluding carboxylic acids is 1. The first-order valence-corrected chi connectivity index (χ1v) is 14.9. The molecule has 43 heavy (non-hydrogen) atoms. The molecule has 228 valence electrons. The van der Waals surface area contributed by atoms with Crippen LogP contribution in [0.4, 0.5) is 23.2 Å². The van der Waals surface area contributed by atoms with E-state index in [1.807, 2.05) is 0 Å². The highest BCUT2D eigenvalue weighted by atomic mass is 35.5. The minimum Gasteiger partial charge on any atom is -0.394 e. The van der Waals surface area contributed by atoms with E-state index in [2.05, 4.69) is 5.32 Å². The Hall–Kier alpha value is -3.45. The summed E-state index contributed by atoms with van der Waals surface area (Å²) in [5.74, 6) is -0.502. The lowest BCUT2D eigenvalue weighted by Gasteiger charge is -2.21. The normalized spacial score (nSPS) is 15.0. The summed E-state index contributed by atoms with van der Waals surface area (Å²) in [6, 6.07) is 15.7. The van der Waals surface area contributed by atoms with Crippen molar-refractivity contribution in [3.63, 3.8) is 0 Å². The Morgan fingerprint density at radius 2 is 1.81 bits per heavy atom. The van der Waals surface area contributed by atoms with Gasteiger partial charge in [0.2, 0.25) is 0 Å². The van der Waals surface area contributed by atoms with Crippen molar-refractivity contribution < 1.29 is 36.2 Å². The van der Waals surface area contributed by atoms with Gasteiger partial charge in [0.25, 0.3) is 17.2 Å². The van der Waals surface area contributed by atoms with Crippen LogP contribution < -0.4 is 9.62 Å². The standard InChI is InChI=1S/C30H28ClF4N3O4S/c31-22-5-1-19(26(16-22)30(33,34)35)14-25-15-21-13-20(4-10-28(21)37(25)12-11-32)29(40)36-27(17-39)18-2-6-23(7-3-18)38(43(41)42)24-8-9-24/h1-7,10,13,15-16,24,27,39H,8-9,11-12,14,17H2,(H,36,40)(H,41,42). The number of aromatic nitrogens is 1. The molecule has 4 aromatic rings. The zero-order chi connectivity index (χ0) is 30.9. The lowest BCUT2D eigenvalue weighted by atomic mass is 10.0. The minimum absolute atomic E-state index is 0.00175. The molecule has 3 N–H and O–H groups in total. The van der Waals surface area contributed by atoms with Crippen LogP contribution in [0.2, 0.25) is 5.02 Å². The number of anilines is 1. The molecule has 1 saturated carbocycles. The summed E-state index contributed by atoms with van der Waals surface area (Å²) in [6.07, 6.45) is -3.11. The first-order valence-electron chi connectivity index (χ1n) is 13.5. The molecule has 1 heterocycles. The molecule has 0 bridgehead atoms. The number of hydrogen-bond acceptors (Lipinski definition) is 3. The molecule has 0 aliphatic heterocycles. The number of aliphatic hydroxyl groups excluding tert-OH is 1. The lowest BCUT2D eigenvalue weighted by molar-refractivity contribution is -0.138. The van der Waals surface area contributed by atoms with Crippen LogP contribution in [0.5, 0.6) is 0 Å². The molecule has 1 aromatic heterocycles. The molecule has 5 rings (SSSR count). The van der Waals surface area contributed by atoms with Gasteiger partial charge in [-0.05, 0) is 72.5 Å². The second kappa shape index (κ2) is 12.7. The zero-order valence-electron chi connectivity index (χ0n) is 22.7. The number of carbonyl (C=O) groups is 1. The molecule has 0 saturated heterocycles. The van der Waals surface area contributed by atoms with E-state index in [1.165, 1.54) is 22.5 Å². The predicted octanol–water partition coefficient (Wildman–Crippen LogP) is 6.44. The van der Waals surface area contributed by atoms with Gasteiger partial charge in [-0.2, -0.15) is 13.2 Å². The number of benzene rings is 3. The molecule has 1 amide bonds. The van der Waals surface area contributed by atoms with Crippen molar-refractivity contribution in [3.8, 4) is 0 Å². The molecular formula is C30H28ClF4N3O4S. The Bertz CT molecular complexity index is 1660. The van der Waals surface area contributed by atoms with Crippen molar-refractivity contribution in [2.24, 2.45) is 0 Å². The van der Waals surface area contributed by atoms with Crippen LogP contribution in [0, 0.1) is 0 Å². The molecule has 1 aliphatic carbocycles. The predicted molar refractivity (Wildman–Crippen MR) is 157 cm³/mol. The third-order valence-corrected chi connectivity index (χ3v) is 8.47. The number of rotatable bonds is 11. The summed E-state index contributed by atoms with van der Waals surface area (Å²) in [6.45, 7) is -1.23. The number of halogens is 5. The van der Waals surface area contributed by atoms with Gasteiger partial charge in [-0.25, -0.2) is 8.60 Å². The van der Waals surface area contributed by atoms with Gasteiger partial charge >= 0.3 is 6.18 Å². The van der Waals surface area contributed by atoms with Gasteiger partial charge < -0.3 is 15.0 Å². The lowest BCUT2D eigenvalue weighted by Crippen LogP contribution is -2.31. The average Bonchev–Trinajstić information content (AvgIpc) is 3.74. The van der Waals surface area contributed by atoms with E-state index in [0.717, 1.165) is 18.9 Å². The number of alkyl halides is 4. The SMILES string of the molecule is O=C(NC(CO)c1ccc(N(C2CC2)S(=O)O)cc1)c1ccc2c(c1)cc(Cc1ccc(Cl)cc1C(F)(F)F)n2CCF. The zero-order valence-corrected chi connectivity index (χ0v) is 24.2. The number of aryl methyl sites for hydroxylation is 1. The van der Waals surface area contributed by atoms with E-state index in [4.69, 9.17) is 11.6 Å². The maximum Gasteiger partial charge on any atom is 0.416 e. The Kier molecular flexibility index (Phi) is 9.12. The summed E-state index contributed by atoms with van der Waals surface area (Å²) in [5, 5.41) is 13.3. The fourth-order valence-electron chi connectivity index (χ4n) is 5.19. The molecule has 0 spiro atoms. The Morgan fingerprint density at radius 3 is 2.42 bits per heavy atom. The molecule has 3 aromatic carbocycles. The number of hydrogen-bond donors (Lipinski definition) is 3. The summed E-state index contributed by atoms with van der Waals surface area (Å²) in [7, 11) is 0. The van der Waals surface area contributed by atoms with Crippen molar-refractivity contribution in [1.29, 1.82) is 0 Å². The van der Waals surface area contributed by atoms with Crippen molar-refractivity contribution in [1.82, 2.24) is 9.88 Å². The largest absolute Gasteiger partial charge is 0.416 e. The van der Waals surface area contributed by atoms with Gasteiger partial charge in [-0.15, -0.1) is 0 Å². The highest BCUT2D eigenvalue weighted by Crippen LogP contribution is 2.36. The minimum atomic E-state index is -4.62. The smallest absolute Gasteiger partial charge is 0.394 e. The van der Waals surface area contributed by atoms with E-state index in [-0.39, 0.29) is 35.2 Å². The summed E-state index contributed by atoms with van der Waals surface area (Å²) in [4.78, 5) is 13.2. The van der Waals surface area contributed by atoms with E-state index in [1.54, 1.807) is 47.0 Å². The monoisotopic (exact) mass is 637 g/mol. The maximum atomic E-state index is 13.7. The topological polar surface area (TPSA) is 94.8 Å². The molecule has 1 aliphatic rings. The van der Waals surface area contributed by atoms with Crippen LogP contribution in [0.25, 0.3) is 10.9 Å². The summed E-state index contributed by atoms with van der Waals surface area (Å²) in [5.41, 5.74) is 1.49. The van der Waals surface area contributed by atoms with Crippen molar-refractivity contribution in [2.45, 2.75) is 44.1 Å². The number of aliphatic hydroxyl groups is 1. The Morgan fingerprint density at radius 1 is 1.09 bits per heavy atom. The number of nitrogens with zero attached hydrogens (tertiary/aromatic N) is 2. The second-order valence-electron chi connectivity index (χ2n) is 10.3. The van der Waals surface area contributed by atoms with Gasteiger partial charge in [0, 0.05) is 39.6 Å². The van der Waals surface area contributed by atoms with Crippen molar-refractivity contribution >= 4 is 45.4 Å². The molecular weight excluding hydrogens is 610 g/mol. The molecule has 2 atom stereocenters. The van der Waals surface area contributed by atoms with Gasteiger partial charge in [0.15, 0.2) is 0 Å². The van der Waals surface area contributed by atoms with E-state index >= 15 is 0 Å². The van der Waals surface area contributed by atoms with Gasteiger partial charge in [-0.1, -0.05) is 29.8 Å². The molecule has 0 radical (unpaired) electrons. The summed E-state index contributed by atoms with van der Waals surface area (Å²) < 4.78 is 78.9. The van der Waals surface area contributed by atoms with Crippen LogP contribution in [0.15, 0.2) is 66.7 Å². The van der Waals surface area contributed by atoms with E-state index in [0.29, 0.717) is 27.8 Å². The third-order valence-electron chi connectivity index (χ3n) is 7.39. The number of fused-ring (bicyclic) bond motifs is 1. The molecule has 7 nitrogen and oxygen atoms in total. The van der Waals surface area contributed by atoms with Crippen LogP contribution in [0.3, 0.4) is 0 Å². The fraction of sp³-hybridized carbons (Fsp3) is 0.300. The molecule has 2 unspecified atom stereocenters. The van der Waals surface area contributed by atoms with Gasteiger partial charge in [-0.3, -0.25) is 13.7 Å². The van der Waals surface area contributed by atoms with Crippen LogP contribution in [0.1, 0.15) is 51.6 Å². The van der Waals surface area contributed by atoms with Crippen molar-refractivity contribution in [2.75, 3.05) is 17.6 Å². The second-order valence-corrected chi connectivity index (χ2v) is 11.6. The van der Waals surface area contributed by atoms with Gasteiger partial charge in [0.1, 0.15) is 6.67 Å². The highest BCUT2D eigenvalue weighted by Gasteiger charge is 2.34. The maximum absolute atomic E-state index is 13.7. The highest BCUT2D eigenvalue weighted by molar-refractivity contribution is 7.80. The Labute approximate surface area is 252 Å². The van der Waals surface area contributed by atoms with Crippen LogP contribution in [-0.4, -0.2) is 43.7 Å². The summed E-state index contributed by atoms with van der Waals surface area (Å²) >= 11 is 3.65. The van der Waals surface area contributed by atoms with E-state index in [9.17, 15) is 36.2 Å². The van der Waals surface area contributed by atoms with Crippen LogP contribution >= 0.6 is 11.6 Å². The number of amides is 1. The first kappa shape index (κ1) is 31.0. The van der Waals surface area contributed by atoms with E-state index < -0.39 is 48.2 Å². The first-order chi connectivity index (χ1) is 20.5. The third kappa shape index (κ3) is 6.87. The average molecular weight is 638 g/mol. The molecule has 13 heteroatoms. The van der Waals surface area contributed by atoms with Crippen molar-refractivity contribution in [3.05, 3.63) is 99.7 Å². The number of nitrogens with one attached hydrogen (secondary N) is 1.